The summed E-state index contributed by atoms with van der Waals surface area (Å²) >= 11 is 1.72. The maximum Gasteiger partial charge on any atom is 0.258 e. The van der Waals surface area contributed by atoms with Crippen LogP contribution in [0.1, 0.15) is 47.6 Å². The van der Waals surface area contributed by atoms with Crippen LogP contribution in [0.4, 0.5) is 0 Å². The lowest BCUT2D eigenvalue weighted by atomic mass is 9.98. The molecule has 0 saturated carbocycles. The van der Waals surface area contributed by atoms with Gasteiger partial charge in [0.05, 0.1) is 23.5 Å². The molecule has 0 unspecified atom stereocenters. The third-order valence-corrected chi connectivity index (χ3v) is 5.84. The summed E-state index contributed by atoms with van der Waals surface area (Å²) < 4.78 is 0. The minimum absolute atomic E-state index is 0.0537. The van der Waals surface area contributed by atoms with E-state index in [1.807, 2.05) is 18.2 Å². The van der Waals surface area contributed by atoms with Crippen molar-refractivity contribution >= 4 is 22.2 Å². The van der Waals surface area contributed by atoms with E-state index in [0.717, 1.165) is 5.52 Å². The molecule has 0 aliphatic rings. The van der Waals surface area contributed by atoms with Crippen LogP contribution in [0.25, 0.3) is 10.9 Å². The van der Waals surface area contributed by atoms with Crippen molar-refractivity contribution in [1.29, 1.82) is 0 Å². The topological polar surface area (TPSA) is 57.8 Å². The number of para-hydroxylation sites is 1. The molecule has 2 aromatic carbocycles. The molecule has 0 bridgehead atoms. The van der Waals surface area contributed by atoms with Gasteiger partial charge in [0.15, 0.2) is 0 Å². The lowest BCUT2D eigenvalue weighted by Gasteiger charge is -2.19. The molecule has 1 atom stereocenters. The number of H-pyrrole nitrogens is 1. The monoisotopic (exact) mass is 389 g/mol. The Morgan fingerprint density at radius 3 is 2.46 bits per heavy atom. The number of hydrogen-bond acceptors (Lipinski definition) is 4. The van der Waals surface area contributed by atoms with Gasteiger partial charge in [-0.25, -0.2) is 4.98 Å². The second-order valence-electron chi connectivity index (χ2n) is 7.18. The lowest BCUT2D eigenvalue weighted by molar-refractivity contribution is 0.594. The molecule has 5 heteroatoms. The molecule has 2 heterocycles. The van der Waals surface area contributed by atoms with Gasteiger partial charge in [-0.1, -0.05) is 56.3 Å². The van der Waals surface area contributed by atoms with Crippen molar-refractivity contribution in [2.75, 3.05) is 0 Å². The Kier molecular flexibility index (Phi) is 5.37. The van der Waals surface area contributed by atoms with Gasteiger partial charge in [-0.15, -0.1) is 11.3 Å². The van der Waals surface area contributed by atoms with Gasteiger partial charge in [-0.05, 0) is 40.6 Å². The fraction of sp³-hybridized carbons (Fsp3) is 0.217. The molecule has 0 aliphatic heterocycles. The Bertz CT molecular complexity index is 1110. The number of nitrogens with zero attached hydrogens (tertiary/aromatic N) is 1. The van der Waals surface area contributed by atoms with E-state index in [1.54, 1.807) is 17.4 Å². The van der Waals surface area contributed by atoms with Crippen LogP contribution in [0.3, 0.4) is 0 Å². The van der Waals surface area contributed by atoms with Crippen molar-refractivity contribution in [2.45, 2.75) is 32.4 Å². The lowest BCUT2D eigenvalue weighted by Crippen LogP contribution is -2.24. The average Bonchev–Trinajstić information content (AvgIpc) is 3.23. The maximum atomic E-state index is 12.3. The molecule has 0 spiro atoms. The molecule has 4 nitrogen and oxygen atoms in total. The van der Waals surface area contributed by atoms with Crippen LogP contribution < -0.4 is 10.9 Å². The number of fused-ring (bicyclic) bond motifs is 1. The van der Waals surface area contributed by atoms with Crippen molar-refractivity contribution < 1.29 is 0 Å². The first-order chi connectivity index (χ1) is 13.6. The van der Waals surface area contributed by atoms with Crippen molar-refractivity contribution in [3.63, 3.8) is 0 Å². The number of aromatic amines is 1. The first kappa shape index (κ1) is 18.6. The van der Waals surface area contributed by atoms with Gasteiger partial charge in [-0.3, -0.25) is 10.1 Å². The number of rotatable bonds is 6. The molecule has 0 fully saturated rings. The molecular weight excluding hydrogens is 366 g/mol. The summed E-state index contributed by atoms with van der Waals surface area (Å²) in [5.41, 5.74) is 3.15. The van der Waals surface area contributed by atoms with E-state index in [2.05, 4.69) is 70.9 Å². The van der Waals surface area contributed by atoms with Gasteiger partial charge >= 0.3 is 0 Å². The first-order valence-electron chi connectivity index (χ1n) is 9.46. The van der Waals surface area contributed by atoms with Gasteiger partial charge in [0.2, 0.25) is 0 Å². The highest BCUT2D eigenvalue weighted by atomic mass is 32.1. The third-order valence-electron chi connectivity index (χ3n) is 4.90. The molecule has 0 amide bonds. The average molecular weight is 390 g/mol. The highest BCUT2D eigenvalue weighted by Crippen LogP contribution is 2.27. The van der Waals surface area contributed by atoms with Gasteiger partial charge in [-0.2, -0.15) is 0 Å². The van der Waals surface area contributed by atoms with E-state index < -0.39 is 0 Å². The van der Waals surface area contributed by atoms with Crippen molar-refractivity contribution in [3.05, 3.63) is 98.2 Å². The molecular formula is C23H23N3OS. The molecule has 0 aliphatic carbocycles. The molecule has 28 heavy (non-hydrogen) atoms. The minimum atomic E-state index is -0.101. The van der Waals surface area contributed by atoms with Crippen LogP contribution in [0, 0.1) is 0 Å². The highest BCUT2D eigenvalue weighted by molar-refractivity contribution is 7.10. The van der Waals surface area contributed by atoms with E-state index >= 15 is 0 Å². The Morgan fingerprint density at radius 1 is 1.00 bits per heavy atom. The van der Waals surface area contributed by atoms with Crippen molar-refractivity contribution in [1.82, 2.24) is 15.3 Å². The maximum absolute atomic E-state index is 12.3. The van der Waals surface area contributed by atoms with E-state index in [1.165, 1.54) is 16.0 Å². The van der Waals surface area contributed by atoms with Gasteiger partial charge in [0, 0.05) is 4.88 Å². The Hall–Kier alpha value is -2.76. The number of benzene rings is 2. The summed E-state index contributed by atoms with van der Waals surface area (Å²) in [6, 6.07) is 20.4. The summed E-state index contributed by atoms with van der Waals surface area (Å²) in [7, 11) is 0. The number of nitrogens with one attached hydrogen (secondary N) is 2. The van der Waals surface area contributed by atoms with E-state index in [4.69, 9.17) is 0 Å². The molecule has 0 radical (unpaired) electrons. The van der Waals surface area contributed by atoms with Crippen LogP contribution in [0.5, 0.6) is 0 Å². The second kappa shape index (κ2) is 8.09. The smallest absolute Gasteiger partial charge is 0.258 e. The third kappa shape index (κ3) is 3.91. The largest absolute Gasteiger partial charge is 0.309 e. The summed E-state index contributed by atoms with van der Waals surface area (Å²) in [5.74, 6) is 1.15. The fourth-order valence-corrected chi connectivity index (χ4v) is 4.16. The SMILES string of the molecule is CC(C)c1ccc([C@H](NCc2nc3ccccc3c(=O)[nH]2)c2cccs2)cc1. The summed E-state index contributed by atoms with van der Waals surface area (Å²) in [5, 5.41) is 6.28. The van der Waals surface area contributed by atoms with Crippen LogP contribution in [0.15, 0.2) is 70.8 Å². The van der Waals surface area contributed by atoms with Crippen LogP contribution >= 0.6 is 11.3 Å². The van der Waals surface area contributed by atoms with E-state index in [-0.39, 0.29) is 11.6 Å². The summed E-state index contributed by atoms with van der Waals surface area (Å²) in [4.78, 5) is 21.1. The zero-order valence-electron chi connectivity index (χ0n) is 16.0. The predicted octanol–water partition coefficient (Wildman–Crippen LogP) is 4.99. The van der Waals surface area contributed by atoms with Crippen LogP contribution in [-0.4, -0.2) is 9.97 Å². The molecule has 2 N–H and O–H groups in total. The highest BCUT2D eigenvalue weighted by Gasteiger charge is 2.16. The zero-order valence-corrected chi connectivity index (χ0v) is 16.8. The Labute approximate surface area is 168 Å². The van der Waals surface area contributed by atoms with Crippen molar-refractivity contribution in [3.8, 4) is 0 Å². The molecule has 142 valence electrons. The molecule has 4 rings (SSSR count). The predicted molar refractivity (Wildman–Crippen MR) is 116 cm³/mol. The Morgan fingerprint density at radius 2 is 1.75 bits per heavy atom. The minimum Gasteiger partial charge on any atom is -0.309 e. The quantitative estimate of drug-likeness (QED) is 0.489. The van der Waals surface area contributed by atoms with E-state index in [0.29, 0.717) is 23.7 Å². The standard InChI is InChI=1S/C23H23N3OS/c1-15(2)16-9-11-17(12-10-16)22(20-8-5-13-28-20)24-14-21-25-19-7-4-3-6-18(19)23(27)26-21/h3-13,15,22,24H,14H2,1-2H3,(H,25,26,27)/t22-/m0/s1. The second-order valence-corrected chi connectivity index (χ2v) is 8.16. The van der Waals surface area contributed by atoms with Gasteiger partial charge in [0.1, 0.15) is 5.82 Å². The zero-order chi connectivity index (χ0) is 19.5. The first-order valence-corrected chi connectivity index (χ1v) is 10.3. The van der Waals surface area contributed by atoms with Crippen molar-refractivity contribution in [2.24, 2.45) is 0 Å². The summed E-state index contributed by atoms with van der Waals surface area (Å²) in [6.45, 7) is 4.88. The fourth-order valence-electron chi connectivity index (χ4n) is 3.33. The number of thiophene rings is 1. The summed E-state index contributed by atoms with van der Waals surface area (Å²) in [6.07, 6.45) is 0. The number of hydrogen-bond donors (Lipinski definition) is 2. The van der Waals surface area contributed by atoms with Crippen LogP contribution in [-0.2, 0) is 6.54 Å². The Balaban J connectivity index is 1.61. The molecule has 2 aromatic heterocycles. The van der Waals surface area contributed by atoms with Crippen LogP contribution in [0.2, 0.25) is 0 Å². The van der Waals surface area contributed by atoms with E-state index in [9.17, 15) is 4.79 Å². The van der Waals surface area contributed by atoms with Gasteiger partial charge < -0.3 is 4.98 Å². The number of aromatic nitrogens is 2. The molecule has 0 saturated heterocycles. The van der Waals surface area contributed by atoms with Gasteiger partial charge in [0.25, 0.3) is 5.56 Å². The normalized spacial score (nSPS) is 12.5. The molecule has 4 aromatic rings.